The van der Waals surface area contributed by atoms with Crippen molar-refractivity contribution in [2.75, 3.05) is 36.9 Å². The highest BCUT2D eigenvalue weighted by atomic mass is 19.1. The first-order chi connectivity index (χ1) is 22.7. The van der Waals surface area contributed by atoms with E-state index in [0.29, 0.717) is 64.7 Å². The average molecular weight is 639 g/mol. The zero-order chi connectivity index (χ0) is 32.2. The number of nitrogens with zero attached hydrogens (tertiary/aromatic N) is 4. The Balaban J connectivity index is 1.26. The third-order valence-corrected chi connectivity index (χ3v) is 11.6. The highest BCUT2D eigenvalue weighted by Gasteiger charge is 2.50. The summed E-state index contributed by atoms with van der Waals surface area (Å²) in [5, 5.41) is 5.54. The lowest BCUT2D eigenvalue weighted by Gasteiger charge is -2.43. The second kappa shape index (κ2) is 10.5. The minimum atomic E-state index is -0.895. The molecule has 47 heavy (non-hydrogen) atoms. The number of fused-ring (bicyclic) bond motifs is 7. The molecule has 2 bridgehead atoms. The van der Waals surface area contributed by atoms with Crippen LogP contribution in [0.25, 0.3) is 32.8 Å². The van der Waals surface area contributed by atoms with Gasteiger partial charge in [-0.15, -0.1) is 6.42 Å². The zero-order valence-corrected chi connectivity index (χ0v) is 26.3. The number of hydrogen-bond donors (Lipinski definition) is 2. The van der Waals surface area contributed by atoms with E-state index in [4.69, 9.17) is 26.9 Å². The van der Waals surface area contributed by atoms with E-state index in [-0.39, 0.29) is 41.2 Å². The summed E-state index contributed by atoms with van der Waals surface area (Å²) >= 11 is 0. The largest absolute Gasteiger partial charge is 0.461 e. The van der Waals surface area contributed by atoms with Gasteiger partial charge >= 0.3 is 6.01 Å². The van der Waals surface area contributed by atoms with Gasteiger partial charge in [-0.2, -0.15) is 9.97 Å². The summed E-state index contributed by atoms with van der Waals surface area (Å²) in [5.74, 6) is 2.27. The number of ether oxygens (including phenoxy) is 1. The molecule has 1 aromatic heterocycles. The van der Waals surface area contributed by atoms with Crippen LogP contribution in [0.15, 0.2) is 30.3 Å². The van der Waals surface area contributed by atoms with Crippen molar-refractivity contribution < 1.29 is 17.9 Å². The van der Waals surface area contributed by atoms with E-state index in [9.17, 15) is 4.39 Å². The van der Waals surface area contributed by atoms with Crippen LogP contribution in [0.4, 0.5) is 24.7 Å². The molecule has 242 valence electrons. The van der Waals surface area contributed by atoms with E-state index in [0.717, 1.165) is 44.3 Å². The summed E-state index contributed by atoms with van der Waals surface area (Å²) in [6, 6.07) is 9.03. The predicted molar refractivity (Wildman–Crippen MR) is 177 cm³/mol. The van der Waals surface area contributed by atoms with Crippen molar-refractivity contribution in [1.82, 2.24) is 20.2 Å². The van der Waals surface area contributed by atoms with Crippen LogP contribution in [0, 0.1) is 29.9 Å². The lowest BCUT2D eigenvalue weighted by Crippen LogP contribution is -2.60. The van der Waals surface area contributed by atoms with Crippen LogP contribution < -0.4 is 20.7 Å². The quantitative estimate of drug-likeness (QED) is 0.218. The standard InChI is InChI=1S/C37H37F3N6O/c1-3-25-28(39)7-5-20-12-23(41)14-26(30(20)25)27-13-21-11-19(2)34-29-8-6-24(42-29)17-46(34)35-31(21)33(32(27)40)43-36(44-35)47-18-37-9-4-10-45(37)16-22(38)15-37/h1,5,7,12-14,19,22,24,29,34,42H,4,6,8-11,15-18,41H2,2H3/t19-,22+,24+,29-,34-,37-/m0/s1. The van der Waals surface area contributed by atoms with Crippen molar-refractivity contribution >= 4 is 33.2 Å². The lowest BCUT2D eigenvalue weighted by atomic mass is 9.86. The summed E-state index contributed by atoms with van der Waals surface area (Å²) < 4.78 is 53.3. The van der Waals surface area contributed by atoms with Gasteiger partial charge in [-0.25, -0.2) is 13.2 Å². The van der Waals surface area contributed by atoms with Gasteiger partial charge in [0.25, 0.3) is 0 Å². The molecule has 3 aromatic carbocycles. The molecule has 0 spiro atoms. The van der Waals surface area contributed by atoms with Crippen molar-refractivity contribution in [3.8, 4) is 29.5 Å². The summed E-state index contributed by atoms with van der Waals surface area (Å²) in [6.45, 7) is 4.49. The van der Waals surface area contributed by atoms with Gasteiger partial charge in [-0.3, -0.25) is 4.90 Å². The molecule has 0 saturated carbocycles. The Morgan fingerprint density at radius 1 is 1.13 bits per heavy atom. The van der Waals surface area contributed by atoms with Crippen molar-refractivity contribution in [2.24, 2.45) is 5.92 Å². The number of nitrogens with one attached hydrogen (secondary N) is 1. The number of piperazine rings is 1. The molecule has 0 unspecified atom stereocenters. The van der Waals surface area contributed by atoms with Crippen LogP contribution in [0.5, 0.6) is 6.01 Å². The van der Waals surface area contributed by atoms with Crippen molar-refractivity contribution in [1.29, 1.82) is 0 Å². The second-order valence-corrected chi connectivity index (χ2v) is 14.4. The van der Waals surface area contributed by atoms with Crippen LogP contribution in [-0.4, -0.2) is 70.9 Å². The van der Waals surface area contributed by atoms with Crippen molar-refractivity contribution in [2.45, 2.75) is 75.3 Å². The van der Waals surface area contributed by atoms with Gasteiger partial charge < -0.3 is 20.7 Å². The number of halogens is 3. The number of terminal acetylenes is 1. The fraction of sp³-hybridized carbons (Fsp3) is 0.459. The maximum absolute atomic E-state index is 17.3. The van der Waals surface area contributed by atoms with Crippen LogP contribution >= 0.6 is 0 Å². The summed E-state index contributed by atoms with van der Waals surface area (Å²) in [7, 11) is 0. The first kappa shape index (κ1) is 29.1. The highest BCUT2D eigenvalue weighted by molar-refractivity contribution is 6.05. The minimum absolute atomic E-state index is 0.0611. The average Bonchev–Trinajstić information content (AvgIpc) is 3.69. The number of nitrogen functional groups attached to an aromatic ring is 1. The Bertz CT molecular complexity index is 2010. The van der Waals surface area contributed by atoms with Gasteiger partial charge in [0, 0.05) is 59.7 Å². The van der Waals surface area contributed by atoms with Gasteiger partial charge in [0.15, 0.2) is 5.82 Å². The van der Waals surface area contributed by atoms with E-state index in [1.54, 1.807) is 18.2 Å². The Labute approximate surface area is 271 Å². The summed E-state index contributed by atoms with van der Waals surface area (Å²) in [5.41, 5.74) is 8.15. The molecular formula is C37H37F3N6O. The molecule has 0 radical (unpaired) electrons. The SMILES string of the molecule is C#Cc1c(F)ccc2cc(N)cc(-c3cc4c5c(nc(OC[C@@]67CCCN6C[C@H](F)C7)nc5c3F)N3C[C@H]5CC[C@H](N5)[C@@H]3[C@@H](C)C4)c12. The molecule has 7 nitrogen and oxygen atoms in total. The monoisotopic (exact) mass is 638 g/mol. The fourth-order valence-electron chi connectivity index (χ4n) is 9.65. The molecule has 9 rings (SSSR count). The van der Waals surface area contributed by atoms with Gasteiger partial charge in [-0.05, 0) is 85.3 Å². The van der Waals surface area contributed by atoms with E-state index in [2.05, 4.69) is 28.0 Å². The fourth-order valence-corrected chi connectivity index (χ4v) is 9.65. The third-order valence-electron chi connectivity index (χ3n) is 11.6. The number of aromatic nitrogens is 2. The minimum Gasteiger partial charge on any atom is -0.461 e. The molecule has 5 aliphatic heterocycles. The Hall–Kier alpha value is -4.07. The van der Waals surface area contributed by atoms with Crippen LogP contribution in [0.2, 0.25) is 0 Å². The van der Waals surface area contributed by atoms with Crippen molar-refractivity contribution in [3.05, 3.63) is 53.1 Å². The molecule has 0 aliphatic carbocycles. The second-order valence-electron chi connectivity index (χ2n) is 14.4. The Morgan fingerprint density at radius 2 is 2.00 bits per heavy atom. The third kappa shape index (κ3) is 4.35. The maximum atomic E-state index is 17.3. The molecule has 10 heteroatoms. The number of benzene rings is 3. The topological polar surface area (TPSA) is 79.5 Å². The van der Waals surface area contributed by atoms with Crippen molar-refractivity contribution in [3.63, 3.8) is 0 Å². The van der Waals surface area contributed by atoms with Gasteiger partial charge in [-0.1, -0.05) is 18.9 Å². The van der Waals surface area contributed by atoms with Crippen LogP contribution in [0.3, 0.4) is 0 Å². The number of anilines is 2. The van der Waals surface area contributed by atoms with Crippen LogP contribution in [-0.2, 0) is 6.42 Å². The molecule has 4 saturated heterocycles. The van der Waals surface area contributed by atoms with Gasteiger partial charge in [0.05, 0.1) is 11.1 Å². The predicted octanol–water partition coefficient (Wildman–Crippen LogP) is 5.75. The Morgan fingerprint density at radius 3 is 2.85 bits per heavy atom. The smallest absolute Gasteiger partial charge is 0.319 e. The first-order valence-corrected chi connectivity index (χ1v) is 16.8. The molecule has 5 aliphatic rings. The molecule has 6 heterocycles. The molecule has 4 fully saturated rings. The van der Waals surface area contributed by atoms with E-state index < -0.39 is 23.3 Å². The summed E-state index contributed by atoms with van der Waals surface area (Å²) in [6.07, 6.45) is 9.99. The lowest BCUT2D eigenvalue weighted by molar-refractivity contribution is 0.107. The van der Waals surface area contributed by atoms with E-state index in [1.807, 2.05) is 6.07 Å². The normalized spacial score (nSPS) is 29.6. The number of hydrogen-bond acceptors (Lipinski definition) is 7. The maximum Gasteiger partial charge on any atom is 0.319 e. The van der Waals surface area contributed by atoms with Gasteiger partial charge in [0.2, 0.25) is 0 Å². The molecule has 4 aromatic rings. The number of rotatable bonds is 4. The molecular weight excluding hydrogens is 601 g/mol. The van der Waals surface area contributed by atoms with E-state index in [1.165, 1.54) is 6.07 Å². The Kier molecular flexibility index (Phi) is 6.48. The number of alkyl halides is 1. The number of nitrogens with two attached hydrogens (primary N) is 1. The van der Waals surface area contributed by atoms with Gasteiger partial charge in [0.1, 0.15) is 29.9 Å². The first-order valence-electron chi connectivity index (χ1n) is 16.8. The molecule has 3 N–H and O–H groups in total. The van der Waals surface area contributed by atoms with Crippen LogP contribution in [0.1, 0.15) is 50.2 Å². The summed E-state index contributed by atoms with van der Waals surface area (Å²) in [4.78, 5) is 14.3. The molecule has 6 atom stereocenters. The highest BCUT2D eigenvalue weighted by Crippen LogP contribution is 2.46. The van der Waals surface area contributed by atoms with E-state index >= 15 is 8.78 Å². The zero-order valence-electron chi connectivity index (χ0n) is 26.3. The molecule has 0 amide bonds.